The summed E-state index contributed by atoms with van der Waals surface area (Å²) in [6, 6.07) is 0. The Hall–Kier alpha value is 0.0400. The van der Waals surface area contributed by atoms with Crippen molar-refractivity contribution in [3.63, 3.8) is 0 Å². The van der Waals surface area contributed by atoms with E-state index in [1.807, 2.05) is 22.9 Å². The first-order valence-corrected chi connectivity index (χ1v) is 8.26. The van der Waals surface area contributed by atoms with Crippen molar-refractivity contribution in [3.05, 3.63) is 0 Å². The molecule has 0 bridgehead atoms. The number of amides is 1. The van der Waals surface area contributed by atoms with Crippen LogP contribution in [0.1, 0.15) is 12.8 Å². The van der Waals surface area contributed by atoms with Gasteiger partial charge in [0.2, 0.25) is 0 Å². The summed E-state index contributed by atoms with van der Waals surface area (Å²) in [7, 11) is 2.17. The summed E-state index contributed by atoms with van der Waals surface area (Å²) in [6.07, 6.45) is 1.91. The van der Waals surface area contributed by atoms with Crippen molar-refractivity contribution in [2.45, 2.75) is 12.8 Å². The van der Waals surface area contributed by atoms with Gasteiger partial charge >= 0.3 is 0 Å². The van der Waals surface area contributed by atoms with E-state index in [-0.39, 0.29) is 12.5 Å². The van der Waals surface area contributed by atoms with E-state index in [0.717, 1.165) is 58.8 Å². The SMILES string of the molecule is CN1CCN(CCOCCCCOCC(=O)NI)CC1. The number of likely N-dealkylation sites (N-methyl/N-ethyl adjacent to an activating group) is 1. The van der Waals surface area contributed by atoms with Crippen LogP contribution < -0.4 is 3.53 Å². The zero-order chi connectivity index (χ0) is 14.6. The topological polar surface area (TPSA) is 54.0 Å². The molecule has 1 amide bonds. The van der Waals surface area contributed by atoms with Crippen molar-refractivity contribution in [2.75, 3.05) is 66.2 Å². The summed E-state index contributed by atoms with van der Waals surface area (Å²) in [5.74, 6) is -0.0889. The molecular weight excluding hydrogens is 373 g/mol. The molecule has 118 valence electrons. The first-order valence-electron chi connectivity index (χ1n) is 7.18. The second kappa shape index (κ2) is 11.7. The monoisotopic (exact) mass is 399 g/mol. The third-order valence-corrected chi connectivity index (χ3v) is 3.92. The molecular formula is C13H26IN3O3. The van der Waals surface area contributed by atoms with Crippen molar-refractivity contribution in [1.82, 2.24) is 13.3 Å². The Balaban J connectivity index is 1.80. The number of rotatable bonds is 10. The number of unbranched alkanes of at least 4 members (excludes halogenated alkanes) is 1. The standard InChI is InChI=1S/C13H26IN3O3/c1-16-4-6-17(7-5-16)8-11-19-9-2-3-10-20-12-13(18)15-14/h2-12H2,1H3,(H,15,18). The van der Waals surface area contributed by atoms with Crippen LogP contribution >= 0.6 is 22.9 Å². The van der Waals surface area contributed by atoms with Crippen LogP contribution in [0.3, 0.4) is 0 Å². The van der Waals surface area contributed by atoms with E-state index in [0.29, 0.717) is 6.61 Å². The van der Waals surface area contributed by atoms with E-state index in [4.69, 9.17) is 9.47 Å². The Bertz CT molecular complexity index is 261. The Kier molecular flexibility index (Phi) is 10.6. The highest BCUT2D eigenvalue weighted by Gasteiger charge is 2.12. The average molecular weight is 399 g/mol. The van der Waals surface area contributed by atoms with Gasteiger partial charge in [-0.25, -0.2) is 0 Å². The molecule has 6 nitrogen and oxygen atoms in total. The molecule has 20 heavy (non-hydrogen) atoms. The van der Waals surface area contributed by atoms with Crippen LogP contribution in [0.5, 0.6) is 0 Å². The molecule has 0 spiro atoms. The zero-order valence-electron chi connectivity index (χ0n) is 12.3. The van der Waals surface area contributed by atoms with Crippen LogP contribution in [0.25, 0.3) is 0 Å². The molecule has 0 aromatic rings. The van der Waals surface area contributed by atoms with Gasteiger partial charge in [0.25, 0.3) is 5.91 Å². The van der Waals surface area contributed by atoms with Gasteiger partial charge in [-0.3, -0.25) is 13.2 Å². The molecule has 1 rings (SSSR count). The molecule has 1 N–H and O–H groups in total. The van der Waals surface area contributed by atoms with E-state index < -0.39 is 0 Å². The lowest BCUT2D eigenvalue weighted by Crippen LogP contribution is -2.45. The van der Waals surface area contributed by atoms with Gasteiger partial charge in [-0.05, 0) is 19.9 Å². The first kappa shape index (κ1) is 18.1. The van der Waals surface area contributed by atoms with E-state index in [1.54, 1.807) is 0 Å². The van der Waals surface area contributed by atoms with Gasteiger partial charge in [0, 0.05) is 45.9 Å². The molecule has 0 aliphatic carbocycles. The lowest BCUT2D eigenvalue weighted by molar-refractivity contribution is -0.123. The number of halogens is 1. The molecule has 1 aliphatic rings. The Morgan fingerprint density at radius 2 is 1.75 bits per heavy atom. The molecule has 1 saturated heterocycles. The highest BCUT2D eigenvalue weighted by atomic mass is 127. The van der Waals surface area contributed by atoms with E-state index in [9.17, 15) is 4.79 Å². The summed E-state index contributed by atoms with van der Waals surface area (Å²) < 4.78 is 13.3. The molecule has 0 unspecified atom stereocenters. The van der Waals surface area contributed by atoms with Gasteiger partial charge in [-0.15, -0.1) is 0 Å². The molecule has 0 aromatic carbocycles. The zero-order valence-corrected chi connectivity index (χ0v) is 14.4. The normalized spacial score (nSPS) is 17.3. The highest BCUT2D eigenvalue weighted by Crippen LogP contribution is 1.99. The number of carbonyl (C=O) groups is 1. The van der Waals surface area contributed by atoms with E-state index in [1.165, 1.54) is 0 Å². The van der Waals surface area contributed by atoms with E-state index >= 15 is 0 Å². The van der Waals surface area contributed by atoms with Gasteiger partial charge in [0.15, 0.2) is 0 Å². The van der Waals surface area contributed by atoms with Gasteiger partial charge in [0.05, 0.1) is 29.5 Å². The Morgan fingerprint density at radius 3 is 2.40 bits per heavy atom. The van der Waals surface area contributed by atoms with Crippen LogP contribution in [0.2, 0.25) is 0 Å². The fourth-order valence-electron chi connectivity index (χ4n) is 1.97. The minimum atomic E-state index is -0.0889. The molecule has 0 radical (unpaired) electrons. The van der Waals surface area contributed by atoms with Gasteiger partial charge in [-0.2, -0.15) is 0 Å². The van der Waals surface area contributed by atoms with Crippen LogP contribution in [-0.2, 0) is 14.3 Å². The average Bonchev–Trinajstić information content (AvgIpc) is 2.47. The number of nitrogens with one attached hydrogen (secondary N) is 1. The number of nitrogens with zero attached hydrogens (tertiary/aromatic N) is 2. The molecule has 7 heteroatoms. The predicted molar refractivity (Wildman–Crippen MR) is 87.0 cm³/mol. The maximum absolute atomic E-state index is 10.9. The minimum absolute atomic E-state index is 0.0889. The Labute approximate surface area is 135 Å². The molecule has 0 aromatic heterocycles. The van der Waals surface area contributed by atoms with Crippen molar-refractivity contribution < 1.29 is 14.3 Å². The molecule has 1 aliphatic heterocycles. The number of ether oxygens (including phenoxy) is 2. The van der Waals surface area contributed by atoms with Crippen LogP contribution in [-0.4, -0.2) is 81.9 Å². The third-order valence-electron chi connectivity index (χ3n) is 3.31. The summed E-state index contributed by atoms with van der Waals surface area (Å²) in [6.45, 7) is 7.97. The third kappa shape index (κ3) is 9.06. The Morgan fingerprint density at radius 1 is 1.10 bits per heavy atom. The molecule has 1 heterocycles. The van der Waals surface area contributed by atoms with Gasteiger partial charge < -0.3 is 14.4 Å². The minimum Gasteiger partial charge on any atom is -0.380 e. The number of piperazine rings is 1. The van der Waals surface area contributed by atoms with Crippen LogP contribution in [0.15, 0.2) is 0 Å². The number of hydrogen-bond acceptors (Lipinski definition) is 5. The fourth-order valence-corrected chi connectivity index (χ4v) is 2.12. The first-order chi connectivity index (χ1) is 9.72. The van der Waals surface area contributed by atoms with Gasteiger partial charge in [0.1, 0.15) is 6.61 Å². The maximum atomic E-state index is 10.9. The highest BCUT2D eigenvalue weighted by molar-refractivity contribution is 14.1. The number of hydrogen-bond donors (Lipinski definition) is 1. The molecule has 1 fully saturated rings. The molecule has 0 atom stereocenters. The summed E-state index contributed by atoms with van der Waals surface area (Å²) in [4.78, 5) is 15.7. The van der Waals surface area contributed by atoms with Crippen molar-refractivity contribution in [3.8, 4) is 0 Å². The van der Waals surface area contributed by atoms with Crippen LogP contribution in [0, 0.1) is 0 Å². The summed E-state index contributed by atoms with van der Waals surface area (Å²) in [5.41, 5.74) is 0. The quantitative estimate of drug-likeness (QED) is 0.330. The summed E-state index contributed by atoms with van der Waals surface area (Å²) >= 11 is 1.81. The second-order valence-electron chi connectivity index (χ2n) is 5.03. The lowest BCUT2D eigenvalue weighted by atomic mass is 10.3. The van der Waals surface area contributed by atoms with Crippen molar-refractivity contribution >= 4 is 28.8 Å². The smallest absolute Gasteiger partial charge is 0.254 e. The van der Waals surface area contributed by atoms with Crippen molar-refractivity contribution in [2.24, 2.45) is 0 Å². The maximum Gasteiger partial charge on any atom is 0.254 e. The van der Waals surface area contributed by atoms with E-state index in [2.05, 4.69) is 20.4 Å². The van der Waals surface area contributed by atoms with Crippen molar-refractivity contribution in [1.29, 1.82) is 0 Å². The predicted octanol–water partition coefficient (Wildman–Crippen LogP) is 0.513. The number of carbonyl (C=O) groups excluding carboxylic acids is 1. The lowest BCUT2D eigenvalue weighted by Gasteiger charge is -2.32. The molecule has 0 saturated carbocycles. The van der Waals surface area contributed by atoms with Gasteiger partial charge in [-0.1, -0.05) is 0 Å². The summed E-state index contributed by atoms with van der Waals surface area (Å²) in [5, 5.41) is 0. The largest absolute Gasteiger partial charge is 0.380 e. The second-order valence-corrected chi connectivity index (χ2v) is 5.57. The van der Waals surface area contributed by atoms with Crippen LogP contribution in [0.4, 0.5) is 0 Å². The fraction of sp³-hybridized carbons (Fsp3) is 0.923.